The number of hydrogen-bond acceptors (Lipinski definition) is 4. The molecular weight excluding hydrogens is 364 g/mol. The smallest absolute Gasteiger partial charge is 0.199 e. The highest BCUT2D eigenvalue weighted by molar-refractivity contribution is 5.29. The molecule has 0 saturated carbocycles. The Bertz CT molecular complexity index is 734. The van der Waals surface area contributed by atoms with E-state index < -0.39 is 0 Å². The Balaban J connectivity index is 1.25. The predicted molar refractivity (Wildman–Crippen MR) is 113 cm³/mol. The van der Waals surface area contributed by atoms with Crippen molar-refractivity contribution in [3.63, 3.8) is 0 Å². The van der Waals surface area contributed by atoms with Crippen LogP contribution in [0, 0.1) is 0 Å². The van der Waals surface area contributed by atoms with Crippen LogP contribution in [0.25, 0.3) is 0 Å². The first-order valence-corrected chi connectivity index (χ1v) is 11.0. The third-order valence-corrected chi connectivity index (χ3v) is 5.92. The van der Waals surface area contributed by atoms with Gasteiger partial charge in [-0.15, -0.1) is 0 Å². The minimum Gasteiger partial charge on any atom is -0.497 e. The molecule has 0 radical (unpaired) electrons. The molecule has 4 rings (SSSR count). The molecule has 29 heavy (non-hydrogen) atoms. The molecule has 4 heteroatoms. The summed E-state index contributed by atoms with van der Waals surface area (Å²) in [4.78, 5) is 0. The van der Waals surface area contributed by atoms with E-state index in [-0.39, 0.29) is 12.4 Å². The number of methoxy groups -OCH3 is 1. The third kappa shape index (κ3) is 5.74. The Morgan fingerprint density at radius 3 is 2.38 bits per heavy atom. The van der Waals surface area contributed by atoms with Crippen molar-refractivity contribution in [2.24, 2.45) is 0 Å². The normalized spacial score (nSPS) is 24.8. The third-order valence-electron chi connectivity index (χ3n) is 5.92. The van der Waals surface area contributed by atoms with E-state index in [9.17, 15) is 0 Å². The van der Waals surface area contributed by atoms with Gasteiger partial charge in [-0.3, -0.25) is 0 Å². The van der Waals surface area contributed by atoms with Crippen LogP contribution in [0.15, 0.2) is 48.5 Å². The van der Waals surface area contributed by atoms with E-state index in [1.807, 2.05) is 12.1 Å². The molecular formula is C25H32O4. The second-order valence-electron chi connectivity index (χ2n) is 8.05. The molecule has 1 unspecified atom stereocenters. The molecule has 2 saturated heterocycles. The van der Waals surface area contributed by atoms with Crippen molar-refractivity contribution in [1.82, 2.24) is 0 Å². The second-order valence-corrected chi connectivity index (χ2v) is 8.05. The van der Waals surface area contributed by atoms with Crippen LogP contribution in [0.3, 0.4) is 0 Å². The van der Waals surface area contributed by atoms with Crippen molar-refractivity contribution < 1.29 is 18.9 Å². The summed E-state index contributed by atoms with van der Waals surface area (Å²) in [5, 5.41) is 0. The molecule has 156 valence electrons. The monoisotopic (exact) mass is 396 g/mol. The van der Waals surface area contributed by atoms with Gasteiger partial charge in [0.25, 0.3) is 0 Å². The average molecular weight is 397 g/mol. The number of hydrogen-bond donors (Lipinski definition) is 0. The molecule has 0 amide bonds. The van der Waals surface area contributed by atoms with Crippen LogP contribution in [0.5, 0.6) is 11.5 Å². The quantitative estimate of drug-likeness (QED) is 0.589. The molecule has 0 aromatic heterocycles. The summed E-state index contributed by atoms with van der Waals surface area (Å²) in [6.45, 7) is 0.807. The Hall–Kier alpha value is -2.04. The minimum atomic E-state index is -0.0832. The van der Waals surface area contributed by atoms with E-state index in [1.165, 1.54) is 24.0 Å². The fourth-order valence-electron chi connectivity index (χ4n) is 4.19. The molecule has 2 heterocycles. The lowest BCUT2D eigenvalue weighted by molar-refractivity contribution is -0.105. The van der Waals surface area contributed by atoms with E-state index in [2.05, 4.69) is 36.4 Å². The van der Waals surface area contributed by atoms with Crippen LogP contribution >= 0.6 is 0 Å². The molecule has 2 aromatic carbocycles. The van der Waals surface area contributed by atoms with Crippen LogP contribution < -0.4 is 9.47 Å². The molecule has 0 N–H and O–H groups in total. The van der Waals surface area contributed by atoms with Gasteiger partial charge in [0.15, 0.2) is 6.29 Å². The predicted octanol–water partition coefficient (Wildman–Crippen LogP) is 5.84. The molecule has 0 aliphatic carbocycles. The molecule has 2 fully saturated rings. The Morgan fingerprint density at radius 1 is 0.862 bits per heavy atom. The van der Waals surface area contributed by atoms with E-state index in [4.69, 9.17) is 18.9 Å². The SMILES string of the molecule is COc1ccc([C@@H]2CCC[C@H](CCc3ccc(OC4CCCCO4)cc3)O2)cc1. The van der Waals surface area contributed by atoms with Gasteiger partial charge in [-0.25, -0.2) is 0 Å². The van der Waals surface area contributed by atoms with Crippen molar-refractivity contribution in [3.8, 4) is 11.5 Å². The largest absolute Gasteiger partial charge is 0.497 e. The number of aryl methyl sites for hydroxylation is 1. The van der Waals surface area contributed by atoms with Gasteiger partial charge in [0.1, 0.15) is 11.5 Å². The van der Waals surface area contributed by atoms with Gasteiger partial charge in [0.2, 0.25) is 0 Å². The molecule has 3 atom stereocenters. The van der Waals surface area contributed by atoms with E-state index in [0.717, 1.165) is 56.6 Å². The molecule has 0 bridgehead atoms. The van der Waals surface area contributed by atoms with Crippen molar-refractivity contribution in [2.75, 3.05) is 13.7 Å². The summed E-state index contributed by atoms with van der Waals surface area (Å²) < 4.78 is 23.3. The van der Waals surface area contributed by atoms with Crippen molar-refractivity contribution in [2.45, 2.75) is 69.9 Å². The topological polar surface area (TPSA) is 36.9 Å². The van der Waals surface area contributed by atoms with Crippen LogP contribution in [0.4, 0.5) is 0 Å². The van der Waals surface area contributed by atoms with Gasteiger partial charge in [-0.05, 0) is 80.3 Å². The maximum Gasteiger partial charge on any atom is 0.199 e. The summed E-state index contributed by atoms with van der Waals surface area (Å²) >= 11 is 0. The number of ether oxygens (including phenoxy) is 4. The molecule has 2 aromatic rings. The summed E-state index contributed by atoms with van der Waals surface area (Å²) in [7, 11) is 1.70. The molecule has 2 aliphatic rings. The Labute approximate surface area is 174 Å². The summed E-state index contributed by atoms with van der Waals surface area (Å²) in [6, 6.07) is 16.8. The van der Waals surface area contributed by atoms with Crippen molar-refractivity contribution in [1.29, 1.82) is 0 Å². The average Bonchev–Trinajstić information content (AvgIpc) is 2.80. The van der Waals surface area contributed by atoms with Crippen LogP contribution in [0.1, 0.15) is 62.2 Å². The lowest BCUT2D eigenvalue weighted by Gasteiger charge is -2.30. The highest BCUT2D eigenvalue weighted by Gasteiger charge is 2.23. The number of rotatable bonds is 7. The van der Waals surface area contributed by atoms with Gasteiger partial charge in [-0.2, -0.15) is 0 Å². The van der Waals surface area contributed by atoms with E-state index in [0.29, 0.717) is 6.10 Å². The van der Waals surface area contributed by atoms with Gasteiger partial charge in [0, 0.05) is 6.42 Å². The van der Waals surface area contributed by atoms with Crippen molar-refractivity contribution >= 4 is 0 Å². The lowest BCUT2D eigenvalue weighted by atomic mass is 9.95. The Kier molecular flexibility index (Phi) is 7.07. The van der Waals surface area contributed by atoms with Crippen LogP contribution in [0.2, 0.25) is 0 Å². The van der Waals surface area contributed by atoms with Crippen LogP contribution in [-0.4, -0.2) is 26.1 Å². The first-order valence-electron chi connectivity index (χ1n) is 11.0. The van der Waals surface area contributed by atoms with Gasteiger partial charge in [-0.1, -0.05) is 24.3 Å². The zero-order valence-electron chi connectivity index (χ0n) is 17.3. The second kappa shape index (κ2) is 10.1. The fourth-order valence-corrected chi connectivity index (χ4v) is 4.19. The minimum absolute atomic E-state index is 0.0832. The molecule has 2 aliphatic heterocycles. The molecule has 4 nitrogen and oxygen atoms in total. The first-order chi connectivity index (χ1) is 14.3. The maximum absolute atomic E-state index is 6.41. The summed E-state index contributed by atoms with van der Waals surface area (Å²) in [5.41, 5.74) is 2.58. The first kappa shape index (κ1) is 20.2. The molecule has 0 spiro atoms. The zero-order valence-corrected chi connectivity index (χ0v) is 17.3. The van der Waals surface area contributed by atoms with Gasteiger partial charge < -0.3 is 18.9 Å². The van der Waals surface area contributed by atoms with Gasteiger partial charge >= 0.3 is 0 Å². The fraction of sp³-hybridized carbons (Fsp3) is 0.520. The highest BCUT2D eigenvalue weighted by atomic mass is 16.7. The van der Waals surface area contributed by atoms with Crippen LogP contribution in [-0.2, 0) is 15.9 Å². The van der Waals surface area contributed by atoms with Gasteiger partial charge in [0.05, 0.1) is 25.9 Å². The Morgan fingerprint density at radius 2 is 1.66 bits per heavy atom. The highest BCUT2D eigenvalue weighted by Crippen LogP contribution is 2.33. The summed E-state index contributed by atoms with van der Waals surface area (Å²) in [5.74, 6) is 1.79. The van der Waals surface area contributed by atoms with E-state index in [1.54, 1.807) is 7.11 Å². The van der Waals surface area contributed by atoms with Crippen molar-refractivity contribution in [3.05, 3.63) is 59.7 Å². The zero-order chi connectivity index (χ0) is 19.9. The van der Waals surface area contributed by atoms with E-state index >= 15 is 0 Å². The lowest BCUT2D eigenvalue weighted by Crippen LogP contribution is -2.25. The standard InChI is InChI=1S/C25H32O4/c1-26-21-16-11-20(12-17-21)24-6-4-5-22(28-24)13-8-19-9-14-23(15-10-19)29-25-7-2-3-18-27-25/h9-12,14-17,22,24-25H,2-8,13,18H2,1H3/t22-,24+,25?/m1/s1. The number of benzene rings is 2. The maximum atomic E-state index is 6.41. The summed E-state index contributed by atoms with van der Waals surface area (Å²) in [6.07, 6.45) is 9.28.